The van der Waals surface area contributed by atoms with Gasteiger partial charge in [-0.25, -0.2) is 0 Å². The van der Waals surface area contributed by atoms with E-state index in [0.717, 1.165) is 18.7 Å². The summed E-state index contributed by atoms with van der Waals surface area (Å²) < 4.78 is 0. The van der Waals surface area contributed by atoms with E-state index in [1.165, 1.54) is 0 Å². The molecule has 100 valence electrons. The first-order valence-corrected chi connectivity index (χ1v) is 6.55. The number of aromatic nitrogens is 1. The summed E-state index contributed by atoms with van der Waals surface area (Å²) in [5.41, 5.74) is 6.67. The van der Waals surface area contributed by atoms with E-state index in [1.807, 2.05) is 4.90 Å². The van der Waals surface area contributed by atoms with Crippen LogP contribution in [-0.2, 0) is 0 Å². The van der Waals surface area contributed by atoms with Crippen LogP contribution in [0.4, 0.5) is 0 Å². The van der Waals surface area contributed by atoms with E-state index in [-0.39, 0.29) is 5.91 Å². The van der Waals surface area contributed by atoms with Gasteiger partial charge >= 0.3 is 0 Å². The van der Waals surface area contributed by atoms with Gasteiger partial charge in [-0.3, -0.25) is 9.78 Å². The molecule has 1 aromatic heterocycles. The summed E-state index contributed by atoms with van der Waals surface area (Å²) in [5.74, 6) is 6.81. The molecule has 1 fully saturated rings. The van der Waals surface area contributed by atoms with E-state index in [2.05, 4.69) is 30.7 Å². The van der Waals surface area contributed by atoms with Gasteiger partial charge in [0.15, 0.2) is 0 Å². The van der Waals surface area contributed by atoms with Gasteiger partial charge in [-0.15, -0.1) is 0 Å². The molecule has 2 N–H and O–H groups in total. The molecule has 2 rings (SSSR count). The molecule has 1 saturated heterocycles. The van der Waals surface area contributed by atoms with Crippen LogP contribution in [0.25, 0.3) is 0 Å². The maximum atomic E-state index is 12.4. The Morgan fingerprint density at radius 2 is 2.11 bits per heavy atom. The summed E-state index contributed by atoms with van der Waals surface area (Å²) in [6, 6.07) is 1.78. The SMILES string of the molecule is CC1CN(C(=O)c2cncc(C#CCN)c2)CC1C. The molecule has 1 aliphatic heterocycles. The fourth-order valence-corrected chi connectivity index (χ4v) is 2.26. The van der Waals surface area contributed by atoms with E-state index in [1.54, 1.807) is 18.5 Å². The van der Waals surface area contributed by atoms with Gasteiger partial charge in [-0.2, -0.15) is 0 Å². The number of hydrogen-bond donors (Lipinski definition) is 1. The molecule has 2 atom stereocenters. The summed E-state index contributed by atoms with van der Waals surface area (Å²) >= 11 is 0. The Kier molecular flexibility index (Phi) is 4.18. The summed E-state index contributed by atoms with van der Waals surface area (Å²) in [6.07, 6.45) is 3.25. The van der Waals surface area contributed by atoms with E-state index < -0.39 is 0 Å². The van der Waals surface area contributed by atoms with Crippen LogP contribution in [0.1, 0.15) is 29.8 Å². The molecule has 19 heavy (non-hydrogen) atoms. The zero-order valence-corrected chi connectivity index (χ0v) is 11.4. The Hall–Kier alpha value is -1.86. The van der Waals surface area contributed by atoms with Crippen molar-refractivity contribution in [2.24, 2.45) is 17.6 Å². The normalized spacial score (nSPS) is 21.9. The lowest BCUT2D eigenvalue weighted by Gasteiger charge is -2.15. The van der Waals surface area contributed by atoms with Crippen molar-refractivity contribution in [1.29, 1.82) is 0 Å². The van der Waals surface area contributed by atoms with Crippen molar-refractivity contribution in [3.05, 3.63) is 29.6 Å². The van der Waals surface area contributed by atoms with Crippen molar-refractivity contribution < 1.29 is 4.79 Å². The Morgan fingerprint density at radius 1 is 1.42 bits per heavy atom. The monoisotopic (exact) mass is 257 g/mol. The molecule has 0 spiro atoms. The van der Waals surface area contributed by atoms with Gasteiger partial charge < -0.3 is 10.6 Å². The lowest BCUT2D eigenvalue weighted by atomic mass is 10.0. The molecule has 4 heteroatoms. The second-order valence-electron chi connectivity index (χ2n) is 5.13. The Bertz CT molecular complexity index is 520. The first-order chi connectivity index (χ1) is 9.11. The second kappa shape index (κ2) is 5.85. The summed E-state index contributed by atoms with van der Waals surface area (Å²) in [6.45, 7) is 6.30. The van der Waals surface area contributed by atoms with Crippen LogP contribution in [0.5, 0.6) is 0 Å². The summed E-state index contributed by atoms with van der Waals surface area (Å²) in [4.78, 5) is 18.3. The van der Waals surface area contributed by atoms with Crippen LogP contribution in [0.15, 0.2) is 18.5 Å². The largest absolute Gasteiger partial charge is 0.338 e. The smallest absolute Gasteiger partial charge is 0.255 e. The number of amides is 1. The first-order valence-electron chi connectivity index (χ1n) is 6.55. The predicted octanol–water partition coefficient (Wildman–Crippen LogP) is 1.12. The highest BCUT2D eigenvalue weighted by atomic mass is 16.2. The highest BCUT2D eigenvalue weighted by Gasteiger charge is 2.29. The number of nitrogens with two attached hydrogens (primary N) is 1. The second-order valence-corrected chi connectivity index (χ2v) is 5.13. The minimum absolute atomic E-state index is 0.0418. The molecular weight excluding hydrogens is 238 g/mol. The Morgan fingerprint density at radius 3 is 2.74 bits per heavy atom. The highest BCUT2D eigenvalue weighted by molar-refractivity contribution is 5.94. The molecule has 0 aromatic carbocycles. The highest BCUT2D eigenvalue weighted by Crippen LogP contribution is 2.23. The minimum atomic E-state index is 0.0418. The van der Waals surface area contributed by atoms with Crippen molar-refractivity contribution in [1.82, 2.24) is 9.88 Å². The average Bonchev–Trinajstić information content (AvgIpc) is 2.76. The van der Waals surface area contributed by atoms with Crippen LogP contribution in [0.2, 0.25) is 0 Å². The number of pyridine rings is 1. The van der Waals surface area contributed by atoms with Gasteiger partial charge in [0.25, 0.3) is 5.91 Å². The maximum absolute atomic E-state index is 12.4. The van der Waals surface area contributed by atoms with Crippen LogP contribution in [0.3, 0.4) is 0 Å². The van der Waals surface area contributed by atoms with Crippen molar-refractivity contribution in [2.75, 3.05) is 19.6 Å². The number of carbonyl (C=O) groups excluding carboxylic acids is 1. The molecule has 1 aliphatic rings. The molecule has 1 amide bonds. The zero-order valence-electron chi connectivity index (χ0n) is 11.4. The molecule has 2 heterocycles. The fraction of sp³-hybridized carbons (Fsp3) is 0.467. The van der Waals surface area contributed by atoms with E-state index in [4.69, 9.17) is 5.73 Å². The number of likely N-dealkylation sites (tertiary alicyclic amines) is 1. The van der Waals surface area contributed by atoms with Crippen LogP contribution in [-0.4, -0.2) is 35.4 Å². The van der Waals surface area contributed by atoms with Crippen molar-refractivity contribution in [2.45, 2.75) is 13.8 Å². The predicted molar refractivity (Wildman–Crippen MR) is 74.4 cm³/mol. The van der Waals surface area contributed by atoms with Crippen LogP contribution in [0, 0.1) is 23.7 Å². The molecule has 4 nitrogen and oxygen atoms in total. The third-order valence-electron chi connectivity index (χ3n) is 3.60. The van der Waals surface area contributed by atoms with Crippen molar-refractivity contribution >= 4 is 5.91 Å². The molecule has 0 saturated carbocycles. The third-order valence-corrected chi connectivity index (χ3v) is 3.60. The lowest BCUT2D eigenvalue weighted by molar-refractivity contribution is 0.0784. The number of nitrogens with zero attached hydrogens (tertiary/aromatic N) is 2. The van der Waals surface area contributed by atoms with E-state index in [0.29, 0.717) is 23.9 Å². The molecule has 2 unspecified atom stereocenters. The van der Waals surface area contributed by atoms with Crippen LogP contribution < -0.4 is 5.73 Å². The average molecular weight is 257 g/mol. The van der Waals surface area contributed by atoms with Gasteiger partial charge in [0.05, 0.1) is 12.1 Å². The lowest BCUT2D eigenvalue weighted by Crippen LogP contribution is -2.29. The Balaban J connectivity index is 2.16. The van der Waals surface area contributed by atoms with Crippen LogP contribution >= 0.6 is 0 Å². The maximum Gasteiger partial charge on any atom is 0.255 e. The van der Waals surface area contributed by atoms with Gasteiger partial charge in [-0.05, 0) is 17.9 Å². The summed E-state index contributed by atoms with van der Waals surface area (Å²) in [5, 5.41) is 0. The standard InChI is InChI=1S/C15H19N3O/c1-11-9-18(10-12(11)2)15(19)14-6-13(4-3-5-16)7-17-8-14/h6-8,11-12H,5,9-10,16H2,1-2H3. The first kappa shape index (κ1) is 13.6. The number of rotatable bonds is 1. The molecular formula is C15H19N3O. The summed E-state index contributed by atoms with van der Waals surface area (Å²) in [7, 11) is 0. The van der Waals surface area contributed by atoms with Gasteiger partial charge in [0.2, 0.25) is 0 Å². The van der Waals surface area contributed by atoms with Crippen molar-refractivity contribution in [3.63, 3.8) is 0 Å². The minimum Gasteiger partial charge on any atom is -0.338 e. The third kappa shape index (κ3) is 3.12. The molecule has 1 aromatic rings. The van der Waals surface area contributed by atoms with E-state index in [9.17, 15) is 4.79 Å². The number of hydrogen-bond acceptors (Lipinski definition) is 3. The zero-order chi connectivity index (χ0) is 13.8. The fourth-order valence-electron chi connectivity index (χ4n) is 2.26. The van der Waals surface area contributed by atoms with Gasteiger partial charge in [0, 0.05) is 31.0 Å². The van der Waals surface area contributed by atoms with E-state index >= 15 is 0 Å². The van der Waals surface area contributed by atoms with Gasteiger partial charge in [-0.1, -0.05) is 25.7 Å². The van der Waals surface area contributed by atoms with Crippen molar-refractivity contribution in [3.8, 4) is 11.8 Å². The molecule has 0 aliphatic carbocycles. The quantitative estimate of drug-likeness (QED) is 0.767. The molecule has 0 radical (unpaired) electrons. The Labute approximate surface area is 114 Å². The number of carbonyl (C=O) groups is 1. The topological polar surface area (TPSA) is 59.2 Å². The molecule has 0 bridgehead atoms. The van der Waals surface area contributed by atoms with Gasteiger partial charge in [0.1, 0.15) is 0 Å².